The van der Waals surface area contributed by atoms with Crippen molar-refractivity contribution in [1.29, 1.82) is 0 Å². The smallest absolute Gasteiger partial charge is 0.257 e. The quantitative estimate of drug-likeness (QED) is 0.850. The molecule has 2 rings (SSSR count). The van der Waals surface area contributed by atoms with Crippen LogP contribution in [0.2, 0.25) is 0 Å². The maximum atomic E-state index is 13.6. The first-order valence-electron chi connectivity index (χ1n) is 5.92. The van der Waals surface area contributed by atoms with Gasteiger partial charge in [0.15, 0.2) is 5.69 Å². The van der Waals surface area contributed by atoms with Gasteiger partial charge in [0.2, 0.25) is 10.0 Å². The topological polar surface area (TPSA) is 93.6 Å². The van der Waals surface area contributed by atoms with E-state index in [4.69, 9.17) is 11.7 Å². The third-order valence-electron chi connectivity index (χ3n) is 2.74. The molecule has 2 aromatic carbocycles. The second kappa shape index (κ2) is 5.93. The maximum absolute atomic E-state index is 13.6. The number of anilines is 1. The zero-order chi connectivity index (χ0) is 16.3. The van der Waals surface area contributed by atoms with E-state index >= 15 is 0 Å². The van der Waals surface area contributed by atoms with Crippen molar-refractivity contribution in [1.82, 2.24) is 0 Å². The molecule has 0 heterocycles. The van der Waals surface area contributed by atoms with Crippen molar-refractivity contribution >= 4 is 27.3 Å². The van der Waals surface area contributed by atoms with Crippen molar-refractivity contribution in [3.8, 4) is 0 Å². The third kappa shape index (κ3) is 3.46. The second-order valence-corrected chi connectivity index (χ2v) is 5.86. The molecule has 0 unspecified atom stereocenters. The number of sulfonamides is 1. The molecule has 0 aliphatic heterocycles. The summed E-state index contributed by atoms with van der Waals surface area (Å²) >= 11 is 0. The van der Waals surface area contributed by atoms with E-state index in [0.29, 0.717) is 0 Å². The molecule has 1 amide bonds. The Morgan fingerprint density at radius 1 is 1.23 bits per heavy atom. The fourth-order valence-corrected chi connectivity index (χ4v) is 2.27. The minimum Gasteiger partial charge on any atom is -0.322 e. The maximum Gasteiger partial charge on any atom is 0.257 e. The number of rotatable bonds is 3. The molecule has 112 valence electrons. The van der Waals surface area contributed by atoms with Gasteiger partial charge in [0.25, 0.3) is 5.91 Å². The van der Waals surface area contributed by atoms with Gasteiger partial charge in [0.05, 0.1) is 17.0 Å². The lowest BCUT2D eigenvalue weighted by molar-refractivity contribution is 0.102. The fourth-order valence-electron chi connectivity index (χ4n) is 1.71. The zero-order valence-corrected chi connectivity index (χ0v) is 11.9. The molecule has 0 saturated heterocycles. The number of nitrogens with two attached hydrogens (primary N) is 1. The highest BCUT2D eigenvalue weighted by Crippen LogP contribution is 2.20. The highest BCUT2D eigenvalue weighted by molar-refractivity contribution is 7.89. The number of nitrogens with zero attached hydrogens (tertiary/aromatic N) is 1. The van der Waals surface area contributed by atoms with E-state index in [1.807, 2.05) is 0 Å². The van der Waals surface area contributed by atoms with Gasteiger partial charge in [0.1, 0.15) is 5.82 Å². The van der Waals surface area contributed by atoms with E-state index in [1.165, 1.54) is 24.3 Å². The summed E-state index contributed by atoms with van der Waals surface area (Å²) in [5.41, 5.74) is -0.0523. The zero-order valence-electron chi connectivity index (χ0n) is 11.1. The summed E-state index contributed by atoms with van der Waals surface area (Å²) in [6.07, 6.45) is 0. The largest absolute Gasteiger partial charge is 0.322 e. The van der Waals surface area contributed by atoms with E-state index in [-0.39, 0.29) is 21.8 Å². The van der Waals surface area contributed by atoms with Crippen molar-refractivity contribution < 1.29 is 17.6 Å². The van der Waals surface area contributed by atoms with Crippen molar-refractivity contribution in [3.63, 3.8) is 0 Å². The number of primary sulfonamides is 1. The average molecular weight is 319 g/mol. The molecule has 2 aromatic rings. The van der Waals surface area contributed by atoms with E-state index in [1.54, 1.807) is 0 Å². The molecule has 0 aromatic heterocycles. The molecule has 8 heteroatoms. The van der Waals surface area contributed by atoms with E-state index in [0.717, 1.165) is 18.2 Å². The Labute approximate surface area is 126 Å². The number of hydrogen-bond donors (Lipinski definition) is 2. The third-order valence-corrected chi connectivity index (χ3v) is 3.66. The van der Waals surface area contributed by atoms with Gasteiger partial charge in [0, 0.05) is 5.69 Å². The number of amides is 1. The Morgan fingerprint density at radius 3 is 2.59 bits per heavy atom. The van der Waals surface area contributed by atoms with Gasteiger partial charge in [-0.3, -0.25) is 4.79 Å². The van der Waals surface area contributed by atoms with Gasteiger partial charge in [-0.05, 0) is 30.3 Å². The Bertz CT molecular complexity index is 888. The number of carbonyl (C=O) groups excluding carboxylic acids is 1. The molecular formula is C14H10FN3O3S. The highest BCUT2D eigenvalue weighted by atomic mass is 32.2. The molecular weight excluding hydrogens is 309 g/mol. The first kappa shape index (κ1) is 15.6. The number of halogens is 1. The normalized spacial score (nSPS) is 10.8. The molecule has 6 nitrogen and oxygen atoms in total. The Morgan fingerprint density at radius 2 is 1.95 bits per heavy atom. The van der Waals surface area contributed by atoms with Crippen LogP contribution in [0.4, 0.5) is 15.8 Å². The van der Waals surface area contributed by atoms with Crippen LogP contribution < -0.4 is 10.5 Å². The summed E-state index contributed by atoms with van der Waals surface area (Å²) in [6.45, 7) is 6.86. The molecule has 0 atom stereocenters. The first-order chi connectivity index (χ1) is 10.3. The van der Waals surface area contributed by atoms with E-state index in [2.05, 4.69) is 10.2 Å². The van der Waals surface area contributed by atoms with Crippen LogP contribution in [0.25, 0.3) is 4.85 Å². The molecule has 0 fully saturated rings. The molecule has 0 saturated carbocycles. The molecule has 0 radical (unpaired) electrons. The van der Waals surface area contributed by atoms with E-state index in [9.17, 15) is 17.6 Å². The van der Waals surface area contributed by atoms with Crippen molar-refractivity contribution in [3.05, 3.63) is 65.3 Å². The lowest BCUT2D eigenvalue weighted by Gasteiger charge is -2.08. The first-order valence-corrected chi connectivity index (χ1v) is 7.47. The van der Waals surface area contributed by atoms with Crippen LogP contribution in [0.5, 0.6) is 0 Å². The summed E-state index contributed by atoms with van der Waals surface area (Å²) in [6, 6.07) is 8.63. The van der Waals surface area contributed by atoms with E-state index < -0.39 is 21.7 Å². The minimum absolute atomic E-state index is 0.116. The second-order valence-electron chi connectivity index (χ2n) is 4.30. The predicted octanol–water partition coefficient (Wildman–Crippen LogP) is 2.28. The van der Waals surface area contributed by atoms with Crippen LogP contribution in [0.15, 0.2) is 47.4 Å². The number of benzene rings is 2. The minimum atomic E-state index is -3.91. The van der Waals surface area contributed by atoms with Gasteiger partial charge >= 0.3 is 0 Å². The van der Waals surface area contributed by atoms with Gasteiger partial charge in [-0.15, -0.1) is 0 Å². The average Bonchev–Trinajstić information content (AvgIpc) is 2.47. The van der Waals surface area contributed by atoms with Gasteiger partial charge < -0.3 is 5.32 Å². The standard InChI is InChI=1S/C14H10FN3O3S/c1-17-9-5-6-13(15)12(8-9)14(19)18-10-3-2-4-11(7-10)22(16,20)21/h2-8H,(H,18,19)(H2,16,20,21). The van der Waals surface area contributed by atoms with Crippen LogP contribution in [-0.4, -0.2) is 14.3 Å². The van der Waals surface area contributed by atoms with Gasteiger partial charge in [-0.2, -0.15) is 0 Å². The highest BCUT2D eigenvalue weighted by Gasteiger charge is 2.14. The number of hydrogen-bond acceptors (Lipinski definition) is 3. The molecule has 22 heavy (non-hydrogen) atoms. The van der Waals surface area contributed by atoms with Gasteiger partial charge in [-0.1, -0.05) is 12.1 Å². The molecule has 0 aliphatic rings. The molecule has 0 spiro atoms. The molecule has 3 N–H and O–H groups in total. The Hall–Kier alpha value is -2.76. The number of nitrogens with one attached hydrogen (secondary N) is 1. The molecule has 0 aliphatic carbocycles. The fraction of sp³-hybridized carbons (Fsp3) is 0. The van der Waals surface area contributed by atoms with Crippen LogP contribution in [0.1, 0.15) is 10.4 Å². The van der Waals surface area contributed by atoms with Crippen molar-refractivity contribution in [2.75, 3.05) is 5.32 Å². The SMILES string of the molecule is [C-]#[N+]c1ccc(F)c(C(=O)Nc2cccc(S(N)(=O)=O)c2)c1. The lowest BCUT2D eigenvalue weighted by atomic mass is 10.1. The Balaban J connectivity index is 2.32. The van der Waals surface area contributed by atoms with Crippen LogP contribution in [0.3, 0.4) is 0 Å². The summed E-state index contributed by atoms with van der Waals surface area (Å²) in [4.78, 5) is 15.0. The summed E-state index contributed by atoms with van der Waals surface area (Å²) < 4.78 is 36.1. The van der Waals surface area contributed by atoms with Crippen LogP contribution >= 0.6 is 0 Å². The predicted molar refractivity (Wildman–Crippen MR) is 78.4 cm³/mol. The lowest BCUT2D eigenvalue weighted by Crippen LogP contribution is -2.15. The number of carbonyl (C=O) groups is 1. The molecule has 0 bridgehead atoms. The van der Waals surface area contributed by atoms with Crippen molar-refractivity contribution in [2.24, 2.45) is 5.14 Å². The van der Waals surface area contributed by atoms with Gasteiger partial charge in [-0.25, -0.2) is 22.8 Å². The summed E-state index contributed by atoms with van der Waals surface area (Å²) in [5.74, 6) is -1.58. The van der Waals surface area contributed by atoms with Crippen LogP contribution in [-0.2, 0) is 10.0 Å². The monoisotopic (exact) mass is 319 g/mol. The Kier molecular flexibility index (Phi) is 4.21. The van der Waals surface area contributed by atoms with Crippen LogP contribution in [0, 0.1) is 12.4 Å². The summed E-state index contributed by atoms with van der Waals surface area (Å²) in [7, 11) is -3.91. The summed E-state index contributed by atoms with van der Waals surface area (Å²) in [5, 5.41) is 7.36. The van der Waals surface area contributed by atoms with Crippen molar-refractivity contribution in [2.45, 2.75) is 4.90 Å².